The maximum Gasteiger partial charge on any atom is 0.259 e. The third kappa shape index (κ3) is 1.54. The minimum atomic E-state index is -0.397. The summed E-state index contributed by atoms with van der Waals surface area (Å²) in [7, 11) is 0. The zero-order valence-electron chi connectivity index (χ0n) is 9.56. The van der Waals surface area contributed by atoms with Gasteiger partial charge in [-0.1, -0.05) is 18.2 Å². The van der Waals surface area contributed by atoms with Gasteiger partial charge in [-0.2, -0.15) is 0 Å². The number of hydrogen-bond acceptors (Lipinski definition) is 2. The highest BCUT2D eigenvalue weighted by Crippen LogP contribution is 2.30. The van der Waals surface area contributed by atoms with Gasteiger partial charge in [-0.05, 0) is 29.8 Å². The average molecular weight is 242 g/mol. The van der Waals surface area contributed by atoms with Crippen molar-refractivity contribution < 1.29 is 9.18 Å². The minimum Gasteiger partial charge on any atom is -0.399 e. The van der Waals surface area contributed by atoms with E-state index in [1.165, 1.54) is 11.0 Å². The van der Waals surface area contributed by atoms with Crippen LogP contribution < -0.4 is 10.6 Å². The van der Waals surface area contributed by atoms with E-state index in [1.54, 1.807) is 30.3 Å². The van der Waals surface area contributed by atoms with Gasteiger partial charge in [0.2, 0.25) is 0 Å². The molecule has 4 heteroatoms. The molecule has 3 rings (SSSR count). The molecule has 0 aliphatic carbocycles. The van der Waals surface area contributed by atoms with Crippen LogP contribution >= 0.6 is 0 Å². The van der Waals surface area contributed by atoms with Gasteiger partial charge in [0.05, 0.1) is 12.2 Å². The van der Waals surface area contributed by atoms with E-state index in [9.17, 15) is 9.18 Å². The Balaban J connectivity index is 2.05. The fraction of sp³-hybridized carbons (Fsp3) is 0.0714. The molecule has 0 radical (unpaired) electrons. The van der Waals surface area contributed by atoms with Crippen molar-refractivity contribution >= 4 is 17.3 Å². The third-order valence-electron chi connectivity index (χ3n) is 3.08. The summed E-state index contributed by atoms with van der Waals surface area (Å²) in [6, 6.07) is 11.5. The highest BCUT2D eigenvalue weighted by molar-refractivity contribution is 6.10. The molecule has 3 nitrogen and oxygen atoms in total. The number of amides is 1. The first-order chi connectivity index (χ1) is 8.66. The van der Waals surface area contributed by atoms with Crippen molar-refractivity contribution in [3.05, 3.63) is 59.4 Å². The monoisotopic (exact) mass is 242 g/mol. The summed E-state index contributed by atoms with van der Waals surface area (Å²) in [4.78, 5) is 13.6. The van der Waals surface area contributed by atoms with E-state index in [1.807, 2.05) is 6.07 Å². The summed E-state index contributed by atoms with van der Waals surface area (Å²) >= 11 is 0. The van der Waals surface area contributed by atoms with Crippen molar-refractivity contribution in [3.63, 3.8) is 0 Å². The Morgan fingerprint density at radius 2 is 1.94 bits per heavy atom. The lowest BCUT2D eigenvalue weighted by atomic mass is 10.1. The average Bonchev–Trinajstić information content (AvgIpc) is 2.68. The molecule has 90 valence electrons. The predicted octanol–water partition coefficient (Wildman–Crippen LogP) is 2.57. The number of benzene rings is 2. The molecule has 0 saturated heterocycles. The maximum absolute atomic E-state index is 13.7. The van der Waals surface area contributed by atoms with Crippen molar-refractivity contribution in [3.8, 4) is 0 Å². The van der Waals surface area contributed by atoms with Gasteiger partial charge in [0.1, 0.15) is 5.82 Å². The highest BCUT2D eigenvalue weighted by Gasteiger charge is 2.29. The summed E-state index contributed by atoms with van der Waals surface area (Å²) in [5.74, 6) is -0.603. The number of nitrogens with zero attached hydrogens (tertiary/aromatic N) is 1. The maximum atomic E-state index is 13.7. The normalized spacial score (nSPS) is 13.8. The number of halogens is 1. The van der Waals surface area contributed by atoms with Crippen molar-refractivity contribution in [2.75, 3.05) is 10.6 Å². The molecule has 1 aliphatic heterocycles. The SMILES string of the molecule is Nc1ccc2c(c1)C(=O)N(c1ccccc1F)C2. The van der Waals surface area contributed by atoms with Gasteiger partial charge in [0, 0.05) is 11.3 Å². The molecule has 0 bridgehead atoms. The Bertz CT molecular complexity index is 639. The molecule has 0 fully saturated rings. The number of carbonyl (C=O) groups is 1. The summed E-state index contributed by atoms with van der Waals surface area (Å²) in [6.45, 7) is 0.384. The Hall–Kier alpha value is -2.36. The topological polar surface area (TPSA) is 46.3 Å². The lowest BCUT2D eigenvalue weighted by Crippen LogP contribution is -2.23. The number of hydrogen-bond donors (Lipinski definition) is 1. The summed E-state index contributed by atoms with van der Waals surface area (Å²) in [5, 5.41) is 0. The molecular formula is C14H11FN2O. The smallest absolute Gasteiger partial charge is 0.259 e. The van der Waals surface area contributed by atoms with Crippen LogP contribution in [0.25, 0.3) is 0 Å². The third-order valence-corrected chi connectivity index (χ3v) is 3.08. The van der Waals surface area contributed by atoms with E-state index in [-0.39, 0.29) is 5.91 Å². The minimum absolute atomic E-state index is 0.206. The van der Waals surface area contributed by atoms with Gasteiger partial charge in [-0.25, -0.2) is 4.39 Å². The van der Waals surface area contributed by atoms with Gasteiger partial charge in [0.15, 0.2) is 0 Å². The Kier molecular flexibility index (Phi) is 2.30. The zero-order valence-corrected chi connectivity index (χ0v) is 9.56. The number of rotatable bonds is 1. The fourth-order valence-electron chi connectivity index (χ4n) is 2.18. The van der Waals surface area contributed by atoms with Crippen LogP contribution in [0.5, 0.6) is 0 Å². The number of nitrogen functional groups attached to an aromatic ring is 1. The van der Waals surface area contributed by atoms with Crippen molar-refractivity contribution in [2.45, 2.75) is 6.54 Å². The molecule has 1 aliphatic rings. The van der Waals surface area contributed by atoms with E-state index in [2.05, 4.69) is 0 Å². The van der Waals surface area contributed by atoms with E-state index >= 15 is 0 Å². The molecular weight excluding hydrogens is 231 g/mol. The fourth-order valence-corrected chi connectivity index (χ4v) is 2.18. The van der Waals surface area contributed by atoms with E-state index in [4.69, 9.17) is 5.73 Å². The van der Waals surface area contributed by atoms with Gasteiger partial charge in [0.25, 0.3) is 5.91 Å². The Labute approximate surface area is 104 Å². The highest BCUT2D eigenvalue weighted by atomic mass is 19.1. The zero-order chi connectivity index (χ0) is 12.7. The van der Waals surface area contributed by atoms with Gasteiger partial charge < -0.3 is 10.6 Å². The lowest BCUT2D eigenvalue weighted by molar-refractivity contribution is 0.0996. The second-order valence-corrected chi connectivity index (χ2v) is 4.26. The first kappa shape index (κ1) is 10.8. The number of fused-ring (bicyclic) bond motifs is 1. The molecule has 2 aromatic carbocycles. The van der Waals surface area contributed by atoms with Crippen LogP contribution in [0.2, 0.25) is 0 Å². The van der Waals surface area contributed by atoms with Crippen molar-refractivity contribution in [1.82, 2.24) is 0 Å². The second kappa shape index (κ2) is 3.84. The van der Waals surface area contributed by atoms with Crippen LogP contribution in [0.1, 0.15) is 15.9 Å². The molecule has 0 saturated carbocycles. The van der Waals surface area contributed by atoms with Crippen LogP contribution in [0.3, 0.4) is 0 Å². The molecule has 0 atom stereocenters. The van der Waals surface area contributed by atoms with Crippen LogP contribution in [0.15, 0.2) is 42.5 Å². The largest absolute Gasteiger partial charge is 0.399 e. The number of para-hydroxylation sites is 1. The van der Waals surface area contributed by atoms with Crippen molar-refractivity contribution in [1.29, 1.82) is 0 Å². The first-order valence-electron chi connectivity index (χ1n) is 5.61. The van der Waals surface area contributed by atoms with E-state index in [0.29, 0.717) is 23.5 Å². The number of anilines is 2. The number of nitrogens with two attached hydrogens (primary N) is 1. The van der Waals surface area contributed by atoms with Gasteiger partial charge in [-0.15, -0.1) is 0 Å². The van der Waals surface area contributed by atoms with Gasteiger partial charge in [-0.3, -0.25) is 4.79 Å². The second-order valence-electron chi connectivity index (χ2n) is 4.26. The first-order valence-corrected chi connectivity index (χ1v) is 5.61. The standard InChI is InChI=1S/C14H11FN2O/c15-12-3-1-2-4-13(12)17-8-9-5-6-10(16)7-11(9)14(17)18/h1-7H,8,16H2. The predicted molar refractivity (Wildman–Crippen MR) is 67.8 cm³/mol. The van der Waals surface area contributed by atoms with Crippen LogP contribution in [0.4, 0.5) is 15.8 Å². The molecule has 18 heavy (non-hydrogen) atoms. The van der Waals surface area contributed by atoms with Crippen LogP contribution in [0, 0.1) is 5.82 Å². The molecule has 0 unspecified atom stereocenters. The summed E-state index contributed by atoms with van der Waals surface area (Å²) in [5.41, 5.74) is 7.93. The summed E-state index contributed by atoms with van der Waals surface area (Å²) in [6.07, 6.45) is 0. The molecule has 2 N–H and O–H groups in total. The lowest BCUT2D eigenvalue weighted by Gasteiger charge is -2.16. The van der Waals surface area contributed by atoms with Crippen molar-refractivity contribution in [2.24, 2.45) is 0 Å². The Morgan fingerprint density at radius 1 is 1.17 bits per heavy atom. The Morgan fingerprint density at radius 3 is 2.72 bits per heavy atom. The quantitative estimate of drug-likeness (QED) is 0.781. The molecule has 2 aromatic rings. The van der Waals surface area contributed by atoms with Crippen LogP contribution in [-0.2, 0) is 6.54 Å². The molecule has 1 amide bonds. The van der Waals surface area contributed by atoms with Crippen LogP contribution in [-0.4, -0.2) is 5.91 Å². The molecule has 0 aromatic heterocycles. The number of carbonyl (C=O) groups excluding carboxylic acids is 1. The van der Waals surface area contributed by atoms with Gasteiger partial charge >= 0.3 is 0 Å². The molecule has 1 heterocycles. The molecule has 0 spiro atoms. The summed E-state index contributed by atoms with van der Waals surface area (Å²) < 4.78 is 13.7. The van der Waals surface area contributed by atoms with E-state index < -0.39 is 5.82 Å². The van der Waals surface area contributed by atoms with E-state index in [0.717, 1.165) is 5.56 Å².